The Kier molecular flexibility index (Phi) is 4.38. The van der Waals surface area contributed by atoms with Crippen molar-refractivity contribution in [3.8, 4) is 0 Å². The van der Waals surface area contributed by atoms with Crippen LogP contribution in [0.15, 0.2) is 18.2 Å². The van der Waals surface area contributed by atoms with Gasteiger partial charge in [0.25, 0.3) is 0 Å². The zero-order valence-electron chi connectivity index (χ0n) is 8.25. The molecule has 0 aromatic heterocycles. The monoisotopic (exact) mass is 249 g/mol. The van der Waals surface area contributed by atoms with Gasteiger partial charge in [0.05, 0.1) is 0 Å². The van der Waals surface area contributed by atoms with Gasteiger partial charge in [0.2, 0.25) is 0 Å². The summed E-state index contributed by atoms with van der Waals surface area (Å²) in [5.74, 6) is 0.169. The molecule has 0 bridgehead atoms. The summed E-state index contributed by atoms with van der Waals surface area (Å²) >= 11 is 5.67. The molecule has 1 fully saturated rings. The predicted octanol–water partition coefficient (Wildman–Crippen LogP) is 3.70. The normalized spacial score (nSPS) is 17.8. The first-order valence-electron chi connectivity index (χ1n) is 4.89. The number of rotatable bonds is 2. The van der Waals surface area contributed by atoms with E-state index in [-0.39, 0.29) is 24.3 Å². The van der Waals surface area contributed by atoms with Gasteiger partial charge in [0.15, 0.2) is 0 Å². The highest BCUT2D eigenvalue weighted by molar-refractivity contribution is 6.30. The molecule has 1 nitrogen and oxygen atoms in total. The molecule has 0 saturated heterocycles. The summed E-state index contributed by atoms with van der Waals surface area (Å²) in [6.07, 6.45) is 3.44. The van der Waals surface area contributed by atoms with E-state index in [1.807, 2.05) is 0 Å². The van der Waals surface area contributed by atoms with Crippen LogP contribution in [0.2, 0.25) is 5.02 Å². The third-order valence-corrected chi connectivity index (χ3v) is 3.21. The predicted molar refractivity (Wildman–Crippen MR) is 62.9 cm³/mol. The van der Waals surface area contributed by atoms with Crippen LogP contribution in [0.4, 0.5) is 4.39 Å². The molecule has 1 aliphatic carbocycles. The number of hydrogen-bond donors (Lipinski definition) is 1. The van der Waals surface area contributed by atoms with Gasteiger partial charge in [0.1, 0.15) is 5.82 Å². The molecule has 1 aromatic carbocycles. The molecule has 1 saturated carbocycles. The van der Waals surface area contributed by atoms with Crippen molar-refractivity contribution < 1.29 is 4.39 Å². The Hall–Kier alpha value is -0.310. The summed E-state index contributed by atoms with van der Waals surface area (Å²) in [5, 5.41) is 0.423. The first kappa shape index (κ1) is 12.8. The fourth-order valence-corrected chi connectivity index (χ4v) is 1.98. The highest BCUT2D eigenvalue weighted by Gasteiger charge is 2.27. The van der Waals surface area contributed by atoms with Crippen molar-refractivity contribution in [3.63, 3.8) is 0 Å². The van der Waals surface area contributed by atoms with Crippen LogP contribution in [-0.4, -0.2) is 0 Å². The number of hydrogen-bond acceptors (Lipinski definition) is 1. The van der Waals surface area contributed by atoms with Gasteiger partial charge in [-0.2, -0.15) is 0 Å². The lowest BCUT2D eigenvalue weighted by Gasteiger charge is -2.31. The van der Waals surface area contributed by atoms with Crippen LogP contribution in [0.3, 0.4) is 0 Å². The second-order valence-corrected chi connectivity index (χ2v) is 4.32. The largest absolute Gasteiger partial charge is 0.324 e. The summed E-state index contributed by atoms with van der Waals surface area (Å²) in [5.41, 5.74) is 6.56. The third-order valence-electron chi connectivity index (χ3n) is 2.98. The molecule has 0 radical (unpaired) electrons. The SMILES string of the molecule is Cl.N[C@@H](c1ccc(Cl)cc1F)C1CCC1. The molecule has 1 atom stereocenters. The van der Waals surface area contributed by atoms with Crippen LogP contribution in [-0.2, 0) is 0 Å². The lowest BCUT2D eigenvalue weighted by molar-refractivity contribution is 0.260. The van der Waals surface area contributed by atoms with Crippen molar-refractivity contribution in [3.05, 3.63) is 34.6 Å². The van der Waals surface area contributed by atoms with Crippen LogP contribution in [0.5, 0.6) is 0 Å². The molecular weight excluding hydrogens is 236 g/mol. The average molecular weight is 250 g/mol. The minimum absolute atomic E-state index is 0. The Morgan fingerprint density at radius 1 is 1.40 bits per heavy atom. The van der Waals surface area contributed by atoms with E-state index in [0.29, 0.717) is 16.5 Å². The van der Waals surface area contributed by atoms with E-state index < -0.39 is 0 Å². The van der Waals surface area contributed by atoms with Gasteiger partial charge in [-0.15, -0.1) is 12.4 Å². The summed E-state index contributed by atoms with van der Waals surface area (Å²) in [6.45, 7) is 0. The van der Waals surface area contributed by atoms with Crippen molar-refractivity contribution in [2.24, 2.45) is 11.7 Å². The molecule has 2 rings (SSSR count). The minimum atomic E-state index is -0.281. The second kappa shape index (κ2) is 5.15. The van der Waals surface area contributed by atoms with Crippen LogP contribution in [0.1, 0.15) is 30.9 Å². The van der Waals surface area contributed by atoms with Crippen LogP contribution >= 0.6 is 24.0 Å². The van der Waals surface area contributed by atoms with Crippen molar-refractivity contribution in [1.29, 1.82) is 0 Å². The quantitative estimate of drug-likeness (QED) is 0.850. The van der Waals surface area contributed by atoms with E-state index in [1.165, 1.54) is 12.5 Å². The lowest BCUT2D eigenvalue weighted by atomic mass is 9.77. The summed E-state index contributed by atoms with van der Waals surface area (Å²) < 4.78 is 13.5. The molecule has 0 unspecified atom stereocenters. The van der Waals surface area contributed by atoms with E-state index in [1.54, 1.807) is 12.1 Å². The zero-order valence-corrected chi connectivity index (χ0v) is 9.82. The number of halogens is 3. The van der Waals surface area contributed by atoms with Crippen molar-refractivity contribution in [2.75, 3.05) is 0 Å². The highest BCUT2D eigenvalue weighted by Crippen LogP contribution is 2.37. The minimum Gasteiger partial charge on any atom is -0.324 e. The van der Waals surface area contributed by atoms with Gasteiger partial charge >= 0.3 is 0 Å². The topological polar surface area (TPSA) is 26.0 Å². The zero-order chi connectivity index (χ0) is 10.1. The van der Waals surface area contributed by atoms with E-state index in [9.17, 15) is 4.39 Å². The summed E-state index contributed by atoms with van der Waals surface area (Å²) in [6, 6.07) is 4.55. The van der Waals surface area contributed by atoms with Crippen molar-refractivity contribution in [1.82, 2.24) is 0 Å². The molecule has 4 heteroatoms. The van der Waals surface area contributed by atoms with Gasteiger partial charge in [-0.1, -0.05) is 24.1 Å². The first-order valence-corrected chi connectivity index (χ1v) is 5.27. The maximum Gasteiger partial charge on any atom is 0.129 e. The van der Waals surface area contributed by atoms with Gasteiger partial charge in [-0.05, 0) is 30.9 Å². The van der Waals surface area contributed by atoms with Crippen LogP contribution < -0.4 is 5.73 Å². The molecule has 2 N–H and O–H groups in total. The smallest absolute Gasteiger partial charge is 0.129 e. The van der Waals surface area contributed by atoms with Gasteiger partial charge < -0.3 is 5.73 Å². The van der Waals surface area contributed by atoms with Crippen molar-refractivity contribution >= 4 is 24.0 Å². The second-order valence-electron chi connectivity index (χ2n) is 3.88. The van der Waals surface area contributed by atoms with E-state index >= 15 is 0 Å². The molecule has 84 valence electrons. The fraction of sp³-hybridized carbons (Fsp3) is 0.455. The molecule has 15 heavy (non-hydrogen) atoms. The van der Waals surface area contributed by atoms with Crippen molar-refractivity contribution in [2.45, 2.75) is 25.3 Å². The standard InChI is InChI=1S/C11H13ClFN.ClH/c12-8-4-5-9(10(13)6-8)11(14)7-2-1-3-7;/h4-7,11H,1-3,14H2;1H/t11-;/m1./s1. The summed E-state index contributed by atoms with van der Waals surface area (Å²) in [7, 11) is 0. The fourth-order valence-electron chi connectivity index (χ4n) is 1.82. The number of benzene rings is 1. The Balaban J connectivity index is 0.00000112. The molecular formula is C11H14Cl2FN. The van der Waals surface area contributed by atoms with Gasteiger partial charge in [-0.25, -0.2) is 4.39 Å². The Morgan fingerprint density at radius 2 is 2.07 bits per heavy atom. The molecule has 1 aromatic rings. The lowest BCUT2D eigenvalue weighted by Crippen LogP contribution is -2.27. The number of nitrogens with two attached hydrogens (primary N) is 1. The maximum absolute atomic E-state index is 13.5. The molecule has 1 aliphatic rings. The Labute approximate surface area is 100 Å². The maximum atomic E-state index is 13.5. The van der Waals surface area contributed by atoms with Gasteiger partial charge in [0, 0.05) is 16.6 Å². The van der Waals surface area contributed by atoms with Crippen LogP contribution in [0.25, 0.3) is 0 Å². The summed E-state index contributed by atoms with van der Waals surface area (Å²) in [4.78, 5) is 0. The highest BCUT2D eigenvalue weighted by atomic mass is 35.5. The Bertz CT molecular complexity index is 339. The van der Waals surface area contributed by atoms with E-state index in [2.05, 4.69) is 0 Å². The van der Waals surface area contributed by atoms with Gasteiger partial charge in [-0.3, -0.25) is 0 Å². The Morgan fingerprint density at radius 3 is 2.53 bits per heavy atom. The van der Waals surface area contributed by atoms with Crippen LogP contribution in [0, 0.1) is 11.7 Å². The molecule has 0 aliphatic heterocycles. The van der Waals surface area contributed by atoms with E-state index in [0.717, 1.165) is 12.8 Å². The average Bonchev–Trinajstić information content (AvgIpc) is 2.00. The molecule has 0 amide bonds. The molecule has 0 heterocycles. The third kappa shape index (κ3) is 2.63. The molecule has 0 spiro atoms. The van der Waals surface area contributed by atoms with E-state index in [4.69, 9.17) is 17.3 Å². The first-order chi connectivity index (χ1) is 6.68.